The summed E-state index contributed by atoms with van der Waals surface area (Å²) in [5, 5.41) is 2.78. The molecule has 1 aromatic heterocycles. The Kier molecular flexibility index (Phi) is 3.87. The van der Waals surface area contributed by atoms with Crippen molar-refractivity contribution in [1.29, 1.82) is 0 Å². The highest BCUT2D eigenvalue weighted by molar-refractivity contribution is 7.09. The third-order valence-electron chi connectivity index (χ3n) is 5.58. The summed E-state index contributed by atoms with van der Waals surface area (Å²) in [6.07, 6.45) is 5.41. The van der Waals surface area contributed by atoms with Crippen LogP contribution in [0.2, 0.25) is 0 Å². The lowest BCUT2D eigenvalue weighted by atomic mass is 9.84. The number of aromatic nitrogens is 1. The maximum Gasteiger partial charge on any atom is 0.273 e. The molecule has 0 N–H and O–H groups in total. The molecule has 2 atom stereocenters. The number of hydrogen-bond acceptors (Lipinski definition) is 4. The van der Waals surface area contributed by atoms with E-state index in [-0.39, 0.29) is 17.9 Å². The molecule has 0 radical (unpaired) electrons. The predicted octanol–water partition coefficient (Wildman–Crippen LogP) is 2.31. The van der Waals surface area contributed by atoms with E-state index in [0.717, 1.165) is 43.8 Å². The standard InChI is InChI=1S/C17H23N3O2S/c1-11-18-15(10-23-11)17(22)20-8-12-5-6-14(20)9-19(7-12)16(21)13-3-2-4-13/h10,12-14H,2-9H2,1H3. The maximum atomic E-state index is 12.8. The molecule has 4 fully saturated rings. The van der Waals surface area contributed by atoms with E-state index in [0.29, 0.717) is 24.1 Å². The molecule has 2 unspecified atom stereocenters. The molecule has 1 aromatic rings. The van der Waals surface area contributed by atoms with Crippen LogP contribution in [0.1, 0.15) is 47.6 Å². The molecule has 6 heteroatoms. The average molecular weight is 333 g/mol. The number of amides is 2. The van der Waals surface area contributed by atoms with Crippen molar-refractivity contribution < 1.29 is 9.59 Å². The summed E-state index contributed by atoms with van der Waals surface area (Å²) in [5.74, 6) is 1.04. The maximum absolute atomic E-state index is 12.8. The summed E-state index contributed by atoms with van der Waals surface area (Å²) in [6.45, 7) is 4.23. The SMILES string of the molecule is Cc1nc(C(=O)N2CC3CCC2CN(C(=O)C2CCC2)C3)cs1. The highest BCUT2D eigenvalue weighted by atomic mass is 32.1. The second-order valence-corrected chi connectivity index (χ2v) is 8.24. The molecular formula is C17H23N3O2S. The Morgan fingerprint density at radius 3 is 2.65 bits per heavy atom. The zero-order valence-corrected chi connectivity index (χ0v) is 14.3. The first-order valence-corrected chi connectivity index (χ1v) is 9.51. The van der Waals surface area contributed by atoms with E-state index in [1.54, 1.807) is 0 Å². The second-order valence-electron chi connectivity index (χ2n) is 7.18. The molecule has 1 aliphatic carbocycles. The number of hydrogen-bond donors (Lipinski definition) is 0. The van der Waals surface area contributed by atoms with E-state index in [1.165, 1.54) is 17.8 Å². The zero-order chi connectivity index (χ0) is 16.0. The van der Waals surface area contributed by atoms with Crippen molar-refractivity contribution in [2.45, 2.75) is 45.1 Å². The van der Waals surface area contributed by atoms with Gasteiger partial charge in [0.25, 0.3) is 5.91 Å². The number of nitrogens with zero attached hydrogens (tertiary/aromatic N) is 3. The van der Waals surface area contributed by atoms with Crippen molar-refractivity contribution in [3.8, 4) is 0 Å². The van der Waals surface area contributed by atoms with Gasteiger partial charge in [-0.05, 0) is 38.5 Å². The molecule has 2 bridgehead atoms. The van der Waals surface area contributed by atoms with E-state index in [1.807, 2.05) is 22.1 Å². The Bertz CT molecular complexity index is 625. The molecule has 0 aromatic carbocycles. The molecule has 23 heavy (non-hydrogen) atoms. The quantitative estimate of drug-likeness (QED) is 0.834. The molecule has 0 spiro atoms. The Labute approximate surface area is 140 Å². The fraction of sp³-hybridized carbons (Fsp3) is 0.706. The Hall–Kier alpha value is -1.43. The van der Waals surface area contributed by atoms with Gasteiger partial charge in [0.05, 0.1) is 5.01 Å². The molecule has 3 saturated heterocycles. The van der Waals surface area contributed by atoms with Gasteiger partial charge in [-0.2, -0.15) is 0 Å². The van der Waals surface area contributed by atoms with Gasteiger partial charge in [-0.25, -0.2) is 4.98 Å². The fourth-order valence-electron chi connectivity index (χ4n) is 4.03. The number of rotatable bonds is 2. The van der Waals surface area contributed by atoms with E-state index in [4.69, 9.17) is 0 Å². The lowest BCUT2D eigenvalue weighted by molar-refractivity contribution is -0.138. The lowest BCUT2D eigenvalue weighted by Crippen LogP contribution is -2.48. The van der Waals surface area contributed by atoms with Crippen LogP contribution < -0.4 is 0 Å². The van der Waals surface area contributed by atoms with Crippen molar-refractivity contribution in [2.24, 2.45) is 11.8 Å². The zero-order valence-electron chi connectivity index (χ0n) is 13.5. The first kappa shape index (κ1) is 15.1. The van der Waals surface area contributed by atoms with Gasteiger partial charge < -0.3 is 9.80 Å². The van der Waals surface area contributed by atoms with Crippen LogP contribution in [0.4, 0.5) is 0 Å². The van der Waals surface area contributed by atoms with E-state index < -0.39 is 0 Å². The summed E-state index contributed by atoms with van der Waals surface area (Å²) in [6, 6.07) is 0.160. The predicted molar refractivity (Wildman–Crippen MR) is 88.3 cm³/mol. The van der Waals surface area contributed by atoms with Gasteiger partial charge in [0.1, 0.15) is 5.69 Å². The van der Waals surface area contributed by atoms with Crippen LogP contribution in [0.25, 0.3) is 0 Å². The van der Waals surface area contributed by atoms with Crippen LogP contribution in [0.3, 0.4) is 0 Å². The van der Waals surface area contributed by atoms with Crippen molar-refractivity contribution in [1.82, 2.24) is 14.8 Å². The first-order valence-electron chi connectivity index (χ1n) is 8.63. The summed E-state index contributed by atoms with van der Waals surface area (Å²) in [4.78, 5) is 33.8. The number of aryl methyl sites for hydroxylation is 1. The van der Waals surface area contributed by atoms with Crippen LogP contribution in [0.15, 0.2) is 5.38 Å². The number of carbonyl (C=O) groups excluding carboxylic acids is 2. The summed E-state index contributed by atoms with van der Waals surface area (Å²) in [5.41, 5.74) is 0.567. The van der Waals surface area contributed by atoms with E-state index >= 15 is 0 Å². The molecule has 3 aliphatic heterocycles. The average Bonchev–Trinajstić information content (AvgIpc) is 2.72. The molecule has 5 rings (SSSR count). The third kappa shape index (κ3) is 2.77. The molecule has 2 amide bonds. The van der Waals surface area contributed by atoms with Gasteiger partial charge in [-0.15, -0.1) is 11.3 Å². The fourth-order valence-corrected chi connectivity index (χ4v) is 4.62. The van der Waals surface area contributed by atoms with E-state index in [2.05, 4.69) is 4.98 Å². The van der Waals surface area contributed by atoms with Crippen LogP contribution in [0.5, 0.6) is 0 Å². The molecule has 5 nitrogen and oxygen atoms in total. The molecule has 4 aliphatic rings. The van der Waals surface area contributed by atoms with Gasteiger partial charge in [0.2, 0.25) is 5.91 Å². The van der Waals surface area contributed by atoms with Crippen molar-refractivity contribution in [3.05, 3.63) is 16.1 Å². The minimum atomic E-state index is 0.0435. The molecular weight excluding hydrogens is 310 g/mol. The summed E-state index contributed by atoms with van der Waals surface area (Å²) >= 11 is 1.52. The van der Waals surface area contributed by atoms with Gasteiger partial charge in [-0.1, -0.05) is 6.42 Å². The monoisotopic (exact) mass is 333 g/mol. The molecule has 124 valence electrons. The van der Waals surface area contributed by atoms with Crippen LogP contribution >= 0.6 is 11.3 Å². The first-order chi connectivity index (χ1) is 11.1. The number of piperidine rings is 1. The van der Waals surface area contributed by atoms with Gasteiger partial charge >= 0.3 is 0 Å². The van der Waals surface area contributed by atoms with Crippen molar-refractivity contribution >= 4 is 23.2 Å². The largest absolute Gasteiger partial charge is 0.340 e. The lowest BCUT2D eigenvalue weighted by Gasteiger charge is -2.35. The highest BCUT2D eigenvalue weighted by Crippen LogP contribution is 2.33. The summed E-state index contributed by atoms with van der Waals surface area (Å²) in [7, 11) is 0. The smallest absolute Gasteiger partial charge is 0.273 e. The van der Waals surface area contributed by atoms with Gasteiger partial charge in [0.15, 0.2) is 0 Å². The molecule has 1 saturated carbocycles. The highest BCUT2D eigenvalue weighted by Gasteiger charge is 2.41. The van der Waals surface area contributed by atoms with Gasteiger partial charge in [0, 0.05) is 37.0 Å². The summed E-state index contributed by atoms with van der Waals surface area (Å²) < 4.78 is 0. The Morgan fingerprint density at radius 2 is 2.00 bits per heavy atom. The number of fused-ring (bicyclic) bond motifs is 4. The van der Waals surface area contributed by atoms with Gasteiger partial charge in [-0.3, -0.25) is 9.59 Å². The van der Waals surface area contributed by atoms with Crippen molar-refractivity contribution in [3.63, 3.8) is 0 Å². The molecule has 4 heterocycles. The van der Waals surface area contributed by atoms with Crippen LogP contribution in [0, 0.1) is 18.8 Å². The number of thiazole rings is 1. The third-order valence-corrected chi connectivity index (χ3v) is 6.35. The Balaban J connectivity index is 1.51. The minimum absolute atomic E-state index is 0.0435. The number of carbonyl (C=O) groups is 2. The van der Waals surface area contributed by atoms with Crippen molar-refractivity contribution in [2.75, 3.05) is 19.6 Å². The minimum Gasteiger partial charge on any atom is -0.340 e. The topological polar surface area (TPSA) is 53.5 Å². The van der Waals surface area contributed by atoms with Crippen LogP contribution in [-0.2, 0) is 4.79 Å². The normalized spacial score (nSPS) is 27.7. The second kappa shape index (κ2) is 5.89. The van der Waals surface area contributed by atoms with E-state index in [9.17, 15) is 9.59 Å². The Morgan fingerprint density at radius 1 is 1.17 bits per heavy atom. The van der Waals surface area contributed by atoms with Crippen LogP contribution in [-0.4, -0.2) is 52.3 Å².